The van der Waals surface area contributed by atoms with Crippen LogP contribution in [0.4, 0.5) is 0 Å². The maximum atomic E-state index is 12.2. The number of amides is 1. The van der Waals surface area contributed by atoms with E-state index < -0.39 is 0 Å². The topological polar surface area (TPSA) is 45.2 Å². The van der Waals surface area contributed by atoms with Crippen molar-refractivity contribution >= 4 is 42.1 Å². The number of aromatic nitrogens is 1. The van der Waals surface area contributed by atoms with E-state index in [1.807, 2.05) is 17.3 Å². The van der Waals surface area contributed by atoms with Gasteiger partial charge < -0.3 is 10.2 Å². The van der Waals surface area contributed by atoms with Crippen molar-refractivity contribution in [1.29, 1.82) is 0 Å². The maximum Gasteiger partial charge on any atom is 0.228 e. The molecule has 20 heavy (non-hydrogen) atoms. The van der Waals surface area contributed by atoms with Crippen molar-refractivity contribution in [2.45, 2.75) is 38.6 Å². The Balaban J connectivity index is 0.00000180. The number of carbonyl (C=O) groups excluding carboxylic acids is 1. The Labute approximate surface area is 137 Å². The third-order valence-electron chi connectivity index (χ3n) is 3.42. The zero-order chi connectivity index (χ0) is 13.0. The summed E-state index contributed by atoms with van der Waals surface area (Å²) < 4.78 is 0. The molecule has 1 unspecified atom stereocenters. The lowest BCUT2D eigenvalue weighted by Gasteiger charge is -2.32. The first kappa shape index (κ1) is 19.6. The molecule has 1 N–H and O–H groups in total. The van der Waals surface area contributed by atoms with Gasteiger partial charge in [0.2, 0.25) is 5.91 Å². The van der Waals surface area contributed by atoms with Gasteiger partial charge in [-0.2, -0.15) is 0 Å². The minimum Gasteiger partial charge on any atom is -0.341 e. The molecular formula is C13H23Cl2N3OS. The Kier molecular flexibility index (Phi) is 9.38. The van der Waals surface area contributed by atoms with Crippen LogP contribution in [0.25, 0.3) is 0 Å². The first-order valence-electron chi connectivity index (χ1n) is 6.61. The molecule has 1 aliphatic rings. The van der Waals surface area contributed by atoms with Crippen LogP contribution in [0.5, 0.6) is 0 Å². The molecule has 0 spiro atoms. The van der Waals surface area contributed by atoms with Crippen LogP contribution in [0.1, 0.15) is 30.5 Å². The third kappa shape index (κ3) is 5.20. The second kappa shape index (κ2) is 9.55. The van der Waals surface area contributed by atoms with Gasteiger partial charge in [-0.15, -0.1) is 36.2 Å². The Morgan fingerprint density at radius 2 is 2.30 bits per heavy atom. The average Bonchev–Trinajstić information content (AvgIpc) is 2.86. The highest BCUT2D eigenvalue weighted by molar-refractivity contribution is 7.09. The van der Waals surface area contributed by atoms with E-state index in [-0.39, 0.29) is 30.7 Å². The highest BCUT2D eigenvalue weighted by atomic mass is 35.5. The fourth-order valence-electron chi connectivity index (χ4n) is 2.30. The number of aryl methyl sites for hydroxylation is 1. The molecule has 1 aromatic rings. The van der Waals surface area contributed by atoms with Crippen LogP contribution in [0, 0.1) is 0 Å². The van der Waals surface area contributed by atoms with Crippen molar-refractivity contribution in [3.63, 3.8) is 0 Å². The lowest BCUT2D eigenvalue weighted by Crippen LogP contribution is -2.47. The van der Waals surface area contributed by atoms with Crippen molar-refractivity contribution in [2.75, 3.05) is 20.1 Å². The SMILES string of the molecule is CCc1nc(CC(=O)N2CCCC(NC)C2)cs1.Cl.Cl. The highest BCUT2D eigenvalue weighted by Crippen LogP contribution is 2.14. The quantitative estimate of drug-likeness (QED) is 0.915. The van der Waals surface area contributed by atoms with Crippen LogP contribution < -0.4 is 5.32 Å². The summed E-state index contributed by atoms with van der Waals surface area (Å²) in [6, 6.07) is 0.448. The van der Waals surface area contributed by atoms with Crippen molar-refractivity contribution in [3.8, 4) is 0 Å². The summed E-state index contributed by atoms with van der Waals surface area (Å²) in [4.78, 5) is 18.6. The van der Waals surface area contributed by atoms with Crippen LogP contribution in [0.15, 0.2) is 5.38 Å². The van der Waals surface area contributed by atoms with Gasteiger partial charge in [0.05, 0.1) is 17.1 Å². The van der Waals surface area contributed by atoms with Crippen molar-refractivity contribution in [1.82, 2.24) is 15.2 Å². The van der Waals surface area contributed by atoms with Gasteiger partial charge in [-0.3, -0.25) is 4.79 Å². The summed E-state index contributed by atoms with van der Waals surface area (Å²) in [6.45, 7) is 3.81. The van der Waals surface area contributed by atoms with Crippen LogP contribution in [-0.2, 0) is 17.6 Å². The van der Waals surface area contributed by atoms with Crippen molar-refractivity contribution in [3.05, 3.63) is 16.1 Å². The molecular weight excluding hydrogens is 317 g/mol. The Morgan fingerprint density at radius 3 is 2.90 bits per heavy atom. The van der Waals surface area contributed by atoms with Crippen molar-refractivity contribution < 1.29 is 4.79 Å². The zero-order valence-electron chi connectivity index (χ0n) is 11.9. The normalized spacial score (nSPS) is 18.1. The number of likely N-dealkylation sites (N-methyl/N-ethyl adjacent to an activating group) is 1. The van der Waals surface area contributed by atoms with Gasteiger partial charge in [0.25, 0.3) is 0 Å². The summed E-state index contributed by atoms with van der Waals surface area (Å²) in [5.74, 6) is 0.211. The molecule has 1 saturated heterocycles. The highest BCUT2D eigenvalue weighted by Gasteiger charge is 2.22. The van der Waals surface area contributed by atoms with Crippen molar-refractivity contribution in [2.24, 2.45) is 0 Å². The second-order valence-corrected chi connectivity index (χ2v) is 5.67. The number of thiazole rings is 1. The molecule has 0 aliphatic carbocycles. The van der Waals surface area contributed by atoms with E-state index in [0.717, 1.165) is 43.1 Å². The van der Waals surface area contributed by atoms with E-state index in [0.29, 0.717) is 12.5 Å². The lowest BCUT2D eigenvalue weighted by atomic mass is 10.1. The largest absolute Gasteiger partial charge is 0.341 e. The average molecular weight is 340 g/mol. The van der Waals surface area contributed by atoms with Gasteiger partial charge in [0.1, 0.15) is 0 Å². The summed E-state index contributed by atoms with van der Waals surface area (Å²) in [6.07, 6.45) is 3.66. The maximum absolute atomic E-state index is 12.2. The minimum absolute atomic E-state index is 0. The zero-order valence-corrected chi connectivity index (χ0v) is 14.4. The van der Waals surface area contributed by atoms with Crippen LogP contribution in [-0.4, -0.2) is 42.0 Å². The number of likely N-dealkylation sites (tertiary alicyclic amines) is 1. The van der Waals surface area contributed by atoms with Crippen LogP contribution >= 0.6 is 36.2 Å². The molecule has 1 fully saturated rings. The molecule has 4 nitrogen and oxygen atoms in total. The molecule has 1 atom stereocenters. The number of nitrogens with one attached hydrogen (secondary N) is 1. The fraction of sp³-hybridized carbons (Fsp3) is 0.692. The molecule has 116 valence electrons. The van der Waals surface area contributed by atoms with Gasteiger partial charge >= 0.3 is 0 Å². The summed E-state index contributed by atoms with van der Waals surface area (Å²) in [7, 11) is 1.96. The number of halogens is 2. The molecule has 0 bridgehead atoms. The Morgan fingerprint density at radius 1 is 1.55 bits per heavy atom. The molecule has 2 heterocycles. The number of nitrogens with zero attached hydrogens (tertiary/aromatic N) is 2. The van der Waals surface area contributed by atoms with Gasteiger partial charge in [-0.05, 0) is 26.3 Å². The molecule has 7 heteroatoms. The molecule has 0 radical (unpaired) electrons. The van der Waals surface area contributed by atoms with E-state index >= 15 is 0 Å². The van der Waals surface area contributed by atoms with Gasteiger partial charge in [0, 0.05) is 24.5 Å². The molecule has 1 amide bonds. The molecule has 1 aromatic heterocycles. The molecule has 2 rings (SSSR count). The summed E-state index contributed by atoms with van der Waals surface area (Å²) in [5, 5.41) is 6.38. The number of carbonyl (C=O) groups is 1. The first-order chi connectivity index (χ1) is 8.72. The van der Waals surface area contributed by atoms with Crippen LogP contribution in [0.2, 0.25) is 0 Å². The standard InChI is InChI=1S/C13H21N3OS.2ClH/c1-3-12-15-11(9-18-12)7-13(17)16-6-4-5-10(8-16)14-2;;/h9-10,14H,3-8H2,1-2H3;2*1H. The lowest BCUT2D eigenvalue weighted by molar-refractivity contribution is -0.131. The van der Waals surface area contributed by atoms with E-state index in [2.05, 4.69) is 17.2 Å². The third-order valence-corrected chi connectivity index (χ3v) is 4.46. The smallest absolute Gasteiger partial charge is 0.228 e. The van der Waals surface area contributed by atoms with E-state index in [4.69, 9.17) is 0 Å². The number of rotatable bonds is 4. The van der Waals surface area contributed by atoms with E-state index in [1.54, 1.807) is 11.3 Å². The minimum atomic E-state index is 0. The van der Waals surface area contributed by atoms with E-state index in [1.165, 1.54) is 0 Å². The number of hydrogen-bond donors (Lipinski definition) is 1. The van der Waals surface area contributed by atoms with E-state index in [9.17, 15) is 4.79 Å². The molecule has 1 aliphatic heterocycles. The molecule has 0 saturated carbocycles. The predicted octanol–water partition coefficient (Wildman–Crippen LogP) is 2.30. The van der Waals surface area contributed by atoms with Gasteiger partial charge in [-0.25, -0.2) is 4.98 Å². The monoisotopic (exact) mass is 339 g/mol. The Hall–Kier alpha value is -0.360. The summed E-state index contributed by atoms with van der Waals surface area (Å²) >= 11 is 1.65. The number of piperidine rings is 1. The fourth-order valence-corrected chi connectivity index (χ4v) is 3.04. The van der Waals surface area contributed by atoms with Gasteiger partial charge in [-0.1, -0.05) is 6.92 Å². The predicted molar refractivity (Wildman–Crippen MR) is 88.4 cm³/mol. The summed E-state index contributed by atoms with van der Waals surface area (Å²) in [5.41, 5.74) is 0.924. The Bertz CT molecular complexity index is 414. The number of hydrogen-bond acceptors (Lipinski definition) is 4. The molecule has 0 aromatic carbocycles. The second-order valence-electron chi connectivity index (χ2n) is 4.73. The van der Waals surface area contributed by atoms with Crippen LogP contribution in [0.3, 0.4) is 0 Å². The van der Waals surface area contributed by atoms with Gasteiger partial charge in [0.15, 0.2) is 0 Å². The first-order valence-corrected chi connectivity index (χ1v) is 7.49.